The molecule has 1 aromatic heterocycles. The molecule has 3 aromatic rings. The number of hydrogen-bond donors (Lipinski definition) is 0. The van der Waals surface area contributed by atoms with Crippen molar-refractivity contribution >= 4 is 17.0 Å². The van der Waals surface area contributed by atoms with Crippen LogP contribution in [-0.2, 0) is 0 Å². The summed E-state index contributed by atoms with van der Waals surface area (Å²) in [4.78, 5) is 5.99. The lowest BCUT2D eigenvalue weighted by Gasteiger charge is -2.08. The summed E-state index contributed by atoms with van der Waals surface area (Å²) in [6.07, 6.45) is 2.52. The summed E-state index contributed by atoms with van der Waals surface area (Å²) in [7, 11) is 0. The first-order valence-corrected chi connectivity index (χ1v) is 8.97. The van der Waals surface area contributed by atoms with Gasteiger partial charge >= 0.3 is 0 Å². The first-order chi connectivity index (χ1) is 11.2. The van der Waals surface area contributed by atoms with Crippen molar-refractivity contribution in [3.8, 4) is 11.3 Å². The second-order valence-electron chi connectivity index (χ2n) is 6.32. The fourth-order valence-corrected chi connectivity index (χ4v) is 3.74. The van der Waals surface area contributed by atoms with Crippen LogP contribution >= 0.6 is 11.3 Å². The van der Waals surface area contributed by atoms with Crippen molar-refractivity contribution in [1.82, 2.24) is 4.57 Å². The topological polar surface area (TPSA) is 17.3 Å². The number of nitrogens with zero attached hydrogens (tertiary/aromatic N) is 2. The number of rotatable bonds is 3. The first kappa shape index (κ1) is 14.5. The third-order valence-corrected chi connectivity index (χ3v) is 5.10. The maximum atomic E-state index is 4.89. The van der Waals surface area contributed by atoms with Gasteiger partial charge in [0, 0.05) is 11.4 Å². The molecule has 0 spiro atoms. The smallest absolute Gasteiger partial charge is 0.190 e. The van der Waals surface area contributed by atoms with Crippen LogP contribution in [0.3, 0.4) is 0 Å². The second-order valence-corrected chi connectivity index (χ2v) is 7.15. The van der Waals surface area contributed by atoms with Gasteiger partial charge in [0.2, 0.25) is 0 Å². The maximum absolute atomic E-state index is 4.89. The normalized spacial score (nSPS) is 15.1. The van der Waals surface area contributed by atoms with Crippen LogP contribution in [-0.4, -0.2) is 4.57 Å². The Balaban J connectivity index is 1.82. The zero-order valence-electron chi connectivity index (χ0n) is 13.5. The average molecular weight is 320 g/mol. The van der Waals surface area contributed by atoms with Gasteiger partial charge in [-0.15, -0.1) is 11.3 Å². The molecule has 0 N–H and O–H groups in total. The molecule has 1 aliphatic carbocycles. The minimum Gasteiger partial charge on any atom is -0.313 e. The molecule has 0 radical (unpaired) electrons. The average Bonchev–Trinajstić information content (AvgIpc) is 3.31. The highest BCUT2D eigenvalue weighted by Gasteiger charge is 2.27. The zero-order valence-corrected chi connectivity index (χ0v) is 14.3. The highest BCUT2D eigenvalue weighted by molar-refractivity contribution is 7.07. The lowest BCUT2D eigenvalue weighted by Crippen LogP contribution is -2.14. The van der Waals surface area contributed by atoms with E-state index < -0.39 is 0 Å². The molecule has 0 amide bonds. The van der Waals surface area contributed by atoms with E-state index in [1.807, 2.05) is 0 Å². The Morgan fingerprint density at radius 2 is 1.52 bits per heavy atom. The molecule has 4 rings (SSSR count). The van der Waals surface area contributed by atoms with E-state index in [-0.39, 0.29) is 0 Å². The SMILES string of the molecule is Cc1ccc(N=c2scc(-c3ccc(C)cc3)n2C2CC2)cc1. The summed E-state index contributed by atoms with van der Waals surface area (Å²) in [5.74, 6) is 0. The van der Waals surface area contributed by atoms with E-state index in [1.165, 1.54) is 35.2 Å². The second kappa shape index (κ2) is 5.82. The number of aromatic nitrogens is 1. The molecule has 1 heterocycles. The summed E-state index contributed by atoms with van der Waals surface area (Å²) in [6, 6.07) is 17.8. The predicted octanol–water partition coefficient (Wildman–Crippen LogP) is 5.40. The minimum atomic E-state index is 0.613. The van der Waals surface area contributed by atoms with Gasteiger partial charge in [-0.25, -0.2) is 4.99 Å². The molecule has 0 atom stereocenters. The van der Waals surface area contributed by atoms with E-state index in [9.17, 15) is 0 Å². The Kier molecular flexibility index (Phi) is 3.66. The molecule has 23 heavy (non-hydrogen) atoms. The largest absolute Gasteiger partial charge is 0.313 e. The van der Waals surface area contributed by atoms with Crippen molar-refractivity contribution in [1.29, 1.82) is 0 Å². The molecule has 2 nitrogen and oxygen atoms in total. The Morgan fingerprint density at radius 3 is 2.13 bits per heavy atom. The van der Waals surface area contributed by atoms with Crippen LogP contribution in [0.4, 0.5) is 5.69 Å². The molecule has 0 bridgehead atoms. The highest BCUT2D eigenvalue weighted by atomic mass is 32.1. The molecule has 1 aliphatic rings. The molecule has 0 aliphatic heterocycles. The van der Waals surface area contributed by atoms with Crippen LogP contribution in [0, 0.1) is 13.8 Å². The van der Waals surface area contributed by atoms with Gasteiger partial charge in [-0.3, -0.25) is 0 Å². The molecular weight excluding hydrogens is 300 g/mol. The quantitative estimate of drug-likeness (QED) is 0.615. The van der Waals surface area contributed by atoms with E-state index in [0.717, 1.165) is 10.5 Å². The van der Waals surface area contributed by atoms with Gasteiger partial charge in [0.15, 0.2) is 4.80 Å². The predicted molar refractivity (Wildman–Crippen MR) is 97.2 cm³/mol. The van der Waals surface area contributed by atoms with Crippen molar-refractivity contribution in [2.75, 3.05) is 0 Å². The van der Waals surface area contributed by atoms with E-state index >= 15 is 0 Å². The number of benzene rings is 2. The van der Waals surface area contributed by atoms with Crippen LogP contribution in [0.25, 0.3) is 11.3 Å². The summed E-state index contributed by atoms with van der Waals surface area (Å²) in [5, 5.41) is 2.25. The fraction of sp³-hybridized carbons (Fsp3) is 0.250. The standard InChI is InChI=1S/C20H20N2S/c1-14-3-7-16(8-4-14)19-13-23-20(22(19)18-11-12-18)21-17-9-5-15(2)6-10-17/h3-10,13,18H,11-12H2,1-2H3. The van der Waals surface area contributed by atoms with E-state index in [4.69, 9.17) is 4.99 Å². The first-order valence-electron chi connectivity index (χ1n) is 8.09. The van der Waals surface area contributed by atoms with Gasteiger partial charge < -0.3 is 4.57 Å². The van der Waals surface area contributed by atoms with E-state index in [1.54, 1.807) is 11.3 Å². The van der Waals surface area contributed by atoms with Crippen molar-refractivity contribution < 1.29 is 0 Å². The Hall–Kier alpha value is -2.13. The fourth-order valence-electron chi connectivity index (χ4n) is 2.75. The van der Waals surface area contributed by atoms with Crippen molar-refractivity contribution in [2.45, 2.75) is 32.7 Å². The van der Waals surface area contributed by atoms with Crippen molar-refractivity contribution in [3.05, 3.63) is 69.8 Å². The van der Waals surface area contributed by atoms with Gasteiger partial charge in [-0.2, -0.15) is 0 Å². The van der Waals surface area contributed by atoms with E-state index in [2.05, 4.69) is 72.3 Å². The van der Waals surface area contributed by atoms with Gasteiger partial charge in [0.1, 0.15) is 0 Å². The van der Waals surface area contributed by atoms with E-state index in [0.29, 0.717) is 6.04 Å². The molecular formula is C20H20N2S. The van der Waals surface area contributed by atoms with Crippen LogP contribution < -0.4 is 4.80 Å². The number of hydrogen-bond acceptors (Lipinski definition) is 2. The highest BCUT2D eigenvalue weighted by Crippen LogP contribution is 2.38. The molecule has 1 saturated carbocycles. The number of aryl methyl sites for hydroxylation is 2. The Labute approximate surface area is 140 Å². The lowest BCUT2D eigenvalue weighted by atomic mass is 10.1. The van der Waals surface area contributed by atoms with Crippen LogP contribution in [0.15, 0.2) is 58.9 Å². The van der Waals surface area contributed by atoms with Crippen LogP contribution in [0.1, 0.15) is 30.0 Å². The zero-order chi connectivity index (χ0) is 15.8. The van der Waals surface area contributed by atoms with Crippen LogP contribution in [0.5, 0.6) is 0 Å². The molecule has 116 valence electrons. The molecule has 0 saturated heterocycles. The third-order valence-electron chi connectivity index (χ3n) is 4.26. The molecule has 0 unspecified atom stereocenters. The van der Waals surface area contributed by atoms with Gasteiger partial charge in [-0.1, -0.05) is 47.5 Å². The third kappa shape index (κ3) is 3.02. The van der Waals surface area contributed by atoms with Crippen molar-refractivity contribution in [3.63, 3.8) is 0 Å². The monoisotopic (exact) mass is 320 g/mol. The molecule has 3 heteroatoms. The van der Waals surface area contributed by atoms with Gasteiger partial charge in [-0.05, 0) is 44.4 Å². The molecule has 1 fully saturated rings. The minimum absolute atomic E-state index is 0.613. The Morgan fingerprint density at radius 1 is 0.913 bits per heavy atom. The Bertz CT molecular complexity index is 879. The number of thiazole rings is 1. The molecule has 2 aromatic carbocycles. The summed E-state index contributed by atoms with van der Waals surface area (Å²) < 4.78 is 2.43. The summed E-state index contributed by atoms with van der Waals surface area (Å²) in [6.45, 7) is 4.24. The van der Waals surface area contributed by atoms with Crippen molar-refractivity contribution in [2.24, 2.45) is 4.99 Å². The van der Waals surface area contributed by atoms with Gasteiger partial charge in [0.05, 0.1) is 11.4 Å². The van der Waals surface area contributed by atoms with Crippen LogP contribution in [0.2, 0.25) is 0 Å². The maximum Gasteiger partial charge on any atom is 0.190 e. The van der Waals surface area contributed by atoms with Gasteiger partial charge in [0.25, 0.3) is 0 Å². The summed E-state index contributed by atoms with van der Waals surface area (Å²) >= 11 is 1.74. The lowest BCUT2D eigenvalue weighted by molar-refractivity contribution is 0.725. The summed E-state index contributed by atoms with van der Waals surface area (Å²) in [5.41, 5.74) is 6.17.